The minimum absolute atomic E-state index is 0.325. The van der Waals surface area contributed by atoms with Gasteiger partial charge in [0.15, 0.2) is 0 Å². The smallest absolute Gasteiger partial charge is 0.0673 e. The first-order valence-electron chi connectivity index (χ1n) is 6.98. The van der Waals surface area contributed by atoms with E-state index in [1.807, 2.05) is 11.3 Å². The molecule has 2 aromatic rings. The van der Waals surface area contributed by atoms with Crippen molar-refractivity contribution in [3.8, 4) is 0 Å². The van der Waals surface area contributed by atoms with Crippen LogP contribution in [0, 0.1) is 0 Å². The van der Waals surface area contributed by atoms with Crippen LogP contribution in [0.4, 0.5) is 0 Å². The first-order valence-corrected chi connectivity index (χ1v) is 7.86. The van der Waals surface area contributed by atoms with Gasteiger partial charge in [0.25, 0.3) is 0 Å². The van der Waals surface area contributed by atoms with E-state index < -0.39 is 0 Å². The minimum Gasteiger partial charge on any atom is -0.315 e. The van der Waals surface area contributed by atoms with Gasteiger partial charge in [-0.15, -0.1) is 11.3 Å². The average Bonchev–Trinajstić information content (AvgIpc) is 3.01. The normalized spacial score (nSPS) is 21.2. The molecule has 2 nitrogen and oxygen atoms in total. The maximum atomic E-state index is 3.82. The second-order valence-corrected chi connectivity index (χ2v) is 6.05. The van der Waals surface area contributed by atoms with E-state index in [2.05, 4.69) is 58.5 Å². The van der Waals surface area contributed by atoms with Crippen molar-refractivity contribution in [2.45, 2.75) is 24.9 Å². The van der Waals surface area contributed by atoms with Crippen LogP contribution in [0.15, 0.2) is 47.8 Å². The molecule has 1 aromatic heterocycles. The second kappa shape index (κ2) is 6.33. The van der Waals surface area contributed by atoms with Gasteiger partial charge in [-0.25, -0.2) is 0 Å². The van der Waals surface area contributed by atoms with Gasteiger partial charge in [0, 0.05) is 17.5 Å². The summed E-state index contributed by atoms with van der Waals surface area (Å²) in [4.78, 5) is 1.40. The van der Waals surface area contributed by atoms with Crippen molar-refractivity contribution in [1.29, 1.82) is 0 Å². The van der Waals surface area contributed by atoms with Gasteiger partial charge < -0.3 is 10.6 Å². The summed E-state index contributed by atoms with van der Waals surface area (Å²) in [5, 5.41) is 9.46. The maximum Gasteiger partial charge on any atom is 0.0673 e. The Morgan fingerprint density at radius 3 is 2.74 bits per heavy atom. The number of piperidine rings is 1. The molecule has 1 aliphatic heterocycles. The van der Waals surface area contributed by atoms with E-state index in [-0.39, 0.29) is 0 Å². The lowest BCUT2D eigenvalue weighted by atomic mass is 10.0. The monoisotopic (exact) mass is 272 g/mol. The van der Waals surface area contributed by atoms with Crippen molar-refractivity contribution >= 4 is 11.3 Å². The Morgan fingerprint density at radius 1 is 1.16 bits per heavy atom. The van der Waals surface area contributed by atoms with E-state index in [1.165, 1.54) is 23.3 Å². The van der Waals surface area contributed by atoms with Crippen molar-refractivity contribution < 1.29 is 0 Å². The third-order valence-corrected chi connectivity index (χ3v) is 4.60. The highest BCUT2D eigenvalue weighted by Crippen LogP contribution is 2.27. The molecule has 1 fully saturated rings. The lowest BCUT2D eigenvalue weighted by molar-refractivity contribution is 0.372. The highest BCUT2D eigenvalue weighted by atomic mass is 32.1. The number of hydrogen-bond acceptors (Lipinski definition) is 3. The molecule has 3 rings (SSSR count). The van der Waals surface area contributed by atoms with Crippen molar-refractivity contribution in [3.63, 3.8) is 0 Å². The van der Waals surface area contributed by atoms with Crippen LogP contribution in [0.5, 0.6) is 0 Å². The summed E-state index contributed by atoms with van der Waals surface area (Å²) < 4.78 is 0. The molecular formula is C16H20N2S. The van der Waals surface area contributed by atoms with Crippen molar-refractivity contribution in [3.05, 3.63) is 58.3 Å². The number of benzene rings is 1. The topological polar surface area (TPSA) is 24.1 Å². The minimum atomic E-state index is 0.325. The molecule has 3 heteroatoms. The maximum absolute atomic E-state index is 3.82. The van der Waals surface area contributed by atoms with Crippen LogP contribution in [0.3, 0.4) is 0 Å². The summed E-state index contributed by atoms with van der Waals surface area (Å²) >= 11 is 1.83. The van der Waals surface area contributed by atoms with E-state index in [9.17, 15) is 0 Å². The SMILES string of the molecule is c1ccc(C(NC2CCCNC2)c2cccs2)cc1. The summed E-state index contributed by atoms with van der Waals surface area (Å²) in [5.74, 6) is 0. The van der Waals surface area contributed by atoms with Gasteiger partial charge in [-0.3, -0.25) is 0 Å². The Balaban J connectivity index is 1.80. The third kappa shape index (κ3) is 3.24. The van der Waals surface area contributed by atoms with Gasteiger partial charge in [0.2, 0.25) is 0 Å². The molecule has 0 spiro atoms. The molecule has 1 saturated heterocycles. The highest BCUT2D eigenvalue weighted by Gasteiger charge is 2.20. The fourth-order valence-electron chi connectivity index (χ4n) is 2.67. The summed E-state index contributed by atoms with van der Waals surface area (Å²) in [7, 11) is 0. The first-order chi connectivity index (χ1) is 9.43. The summed E-state index contributed by atoms with van der Waals surface area (Å²) in [5.41, 5.74) is 1.36. The van der Waals surface area contributed by atoms with E-state index >= 15 is 0 Å². The largest absolute Gasteiger partial charge is 0.315 e. The van der Waals surface area contributed by atoms with Gasteiger partial charge >= 0.3 is 0 Å². The van der Waals surface area contributed by atoms with Crippen LogP contribution >= 0.6 is 11.3 Å². The zero-order chi connectivity index (χ0) is 12.9. The van der Waals surface area contributed by atoms with E-state index in [1.54, 1.807) is 0 Å². The van der Waals surface area contributed by atoms with Crippen LogP contribution < -0.4 is 10.6 Å². The van der Waals surface area contributed by atoms with E-state index in [0.29, 0.717) is 12.1 Å². The Labute approximate surface area is 118 Å². The van der Waals surface area contributed by atoms with Crippen LogP contribution in [0.2, 0.25) is 0 Å². The fourth-order valence-corrected chi connectivity index (χ4v) is 3.49. The second-order valence-electron chi connectivity index (χ2n) is 5.07. The van der Waals surface area contributed by atoms with Crippen molar-refractivity contribution in [1.82, 2.24) is 10.6 Å². The van der Waals surface area contributed by atoms with Crippen molar-refractivity contribution in [2.75, 3.05) is 13.1 Å². The summed E-state index contributed by atoms with van der Waals surface area (Å²) in [6.45, 7) is 2.24. The zero-order valence-corrected chi connectivity index (χ0v) is 11.8. The number of thiophene rings is 1. The van der Waals surface area contributed by atoms with Crippen molar-refractivity contribution in [2.24, 2.45) is 0 Å². The molecule has 0 radical (unpaired) electrons. The lowest BCUT2D eigenvalue weighted by Gasteiger charge is -2.29. The van der Waals surface area contributed by atoms with Gasteiger partial charge in [-0.05, 0) is 36.4 Å². The molecular weight excluding hydrogens is 252 g/mol. The average molecular weight is 272 g/mol. The van der Waals surface area contributed by atoms with Gasteiger partial charge in [-0.2, -0.15) is 0 Å². The molecule has 2 heterocycles. The molecule has 0 bridgehead atoms. The molecule has 2 N–H and O–H groups in total. The van der Waals surface area contributed by atoms with Crippen LogP contribution in [-0.2, 0) is 0 Å². The van der Waals surface area contributed by atoms with Gasteiger partial charge in [-0.1, -0.05) is 36.4 Å². The van der Waals surface area contributed by atoms with Crippen LogP contribution in [0.25, 0.3) is 0 Å². The predicted octanol–water partition coefficient (Wildman–Crippen LogP) is 3.18. The Morgan fingerprint density at radius 2 is 2.05 bits per heavy atom. The Kier molecular flexibility index (Phi) is 4.28. The van der Waals surface area contributed by atoms with Crippen LogP contribution in [-0.4, -0.2) is 19.1 Å². The zero-order valence-electron chi connectivity index (χ0n) is 11.0. The standard InChI is InChI=1S/C16H20N2S/c1-2-6-13(7-3-1)16(15-9-5-11-19-15)18-14-8-4-10-17-12-14/h1-3,5-7,9,11,14,16-18H,4,8,10,12H2. The molecule has 100 valence electrons. The number of nitrogens with one attached hydrogen (secondary N) is 2. The quantitative estimate of drug-likeness (QED) is 0.893. The first kappa shape index (κ1) is 12.9. The van der Waals surface area contributed by atoms with Gasteiger partial charge in [0.1, 0.15) is 0 Å². The molecule has 19 heavy (non-hydrogen) atoms. The summed E-state index contributed by atoms with van der Waals surface area (Å²) in [6, 6.07) is 16.0. The Hall–Kier alpha value is -1.16. The molecule has 1 aliphatic rings. The molecule has 2 atom stereocenters. The molecule has 0 aliphatic carbocycles. The van der Waals surface area contributed by atoms with Crippen LogP contribution in [0.1, 0.15) is 29.3 Å². The van der Waals surface area contributed by atoms with E-state index in [0.717, 1.165) is 13.1 Å². The van der Waals surface area contributed by atoms with Gasteiger partial charge in [0.05, 0.1) is 6.04 Å². The molecule has 0 amide bonds. The Bertz CT molecular complexity index is 475. The summed E-state index contributed by atoms with van der Waals surface area (Å²) in [6.07, 6.45) is 2.53. The fraction of sp³-hybridized carbons (Fsp3) is 0.375. The lowest BCUT2D eigenvalue weighted by Crippen LogP contribution is -2.44. The molecule has 0 saturated carbocycles. The molecule has 2 unspecified atom stereocenters. The van der Waals surface area contributed by atoms with E-state index in [4.69, 9.17) is 0 Å². The third-order valence-electron chi connectivity index (χ3n) is 3.66. The highest BCUT2D eigenvalue weighted by molar-refractivity contribution is 7.10. The molecule has 1 aromatic carbocycles. The number of hydrogen-bond donors (Lipinski definition) is 2. The predicted molar refractivity (Wildman–Crippen MR) is 81.6 cm³/mol. The number of rotatable bonds is 4.